The molecule has 0 radical (unpaired) electrons. The Morgan fingerprint density at radius 3 is 2.60 bits per heavy atom. The third kappa shape index (κ3) is 4.46. The Kier molecular flexibility index (Phi) is 5.46. The molecular formula is C12H18N2O5S. The summed E-state index contributed by atoms with van der Waals surface area (Å²) in [6, 6.07) is 3.68. The molecule has 0 aliphatic heterocycles. The molecule has 1 N–H and O–H groups in total. The van der Waals surface area contributed by atoms with E-state index in [2.05, 4.69) is 5.32 Å². The highest BCUT2D eigenvalue weighted by Crippen LogP contribution is 2.28. The van der Waals surface area contributed by atoms with E-state index in [9.17, 15) is 18.5 Å². The van der Waals surface area contributed by atoms with E-state index >= 15 is 0 Å². The van der Waals surface area contributed by atoms with Crippen LogP contribution in [-0.4, -0.2) is 38.9 Å². The van der Waals surface area contributed by atoms with Crippen LogP contribution in [0.1, 0.15) is 13.8 Å². The van der Waals surface area contributed by atoms with Crippen LogP contribution in [0.15, 0.2) is 23.1 Å². The zero-order valence-corrected chi connectivity index (χ0v) is 12.4. The number of ether oxygens (including phenoxy) is 1. The van der Waals surface area contributed by atoms with Crippen LogP contribution in [0.4, 0.5) is 11.4 Å². The van der Waals surface area contributed by atoms with Gasteiger partial charge in [-0.2, -0.15) is 0 Å². The van der Waals surface area contributed by atoms with Gasteiger partial charge in [-0.1, -0.05) is 0 Å². The monoisotopic (exact) mass is 302 g/mol. The molecule has 0 spiro atoms. The zero-order chi connectivity index (χ0) is 15.3. The summed E-state index contributed by atoms with van der Waals surface area (Å²) >= 11 is 0. The van der Waals surface area contributed by atoms with Gasteiger partial charge in [-0.25, -0.2) is 8.42 Å². The lowest BCUT2D eigenvalue weighted by atomic mass is 10.2. The van der Waals surface area contributed by atoms with E-state index in [-0.39, 0.29) is 22.3 Å². The van der Waals surface area contributed by atoms with Crippen LogP contribution in [0, 0.1) is 10.1 Å². The van der Waals surface area contributed by atoms with Gasteiger partial charge in [0.1, 0.15) is 5.69 Å². The Hall–Kier alpha value is -1.67. The second-order valence-electron chi connectivity index (χ2n) is 4.41. The molecule has 8 heteroatoms. The lowest BCUT2D eigenvalue weighted by molar-refractivity contribution is -0.384. The molecule has 0 saturated heterocycles. The van der Waals surface area contributed by atoms with E-state index in [1.807, 2.05) is 13.8 Å². The Bertz CT molecular complexity index is 586. The number of benzene rings is 1. The standard InChI is InChI=1S/C12H18N2O5S/c1-4-19-8-9(2)13-11-6-5-10(20(3,17)18)7-12(11)14(15)16/h5-7,9,13H,4,8H2,1-3H3. The molecular weight excluding hydrogens is 284 g/mol. The molecule has 0 aliphatic carbocycles. The highest BCUT2D eigenvalue weighted by atomic mass is 32.2. The van der Waals surface area contributed by atoms with Crippen molar-refractivity contribution in [3.8, 4) is 0 Å². The van der Waals surface area contributed by atoms with E-state index < -0.39 is 14.8 Å². The molecule has 0 amide bonds. The van der Waals surface area contributed by atoms with Crippen LogP contribution in [0.25, 0.3) is 0 Å². The zero-order valence-electron chi connectivity index (χ0n) is 11.6. The second-order valence-corrected chi connectivity index (χ2v) is 6.43. The summed E-state index contributed by atoms with van der Waals surface area (Å²) in [4.78, 5) is 10.4. The van der Waals surface area contributed by atoms with E-state index in [4.69, 9.17) is 4.74 Å². The fourth-order valence-corrected chi connectivity index (χ4v) is 2.26. The van der Waals surface area contributed by atoms with Gasteiger partial charge in [0, 0.05) is 25.0 Å². The van der Waals surface area contributed by atoms with Crippen molar-refractivity contribution in [2.24, 2.45) is 0 Å². The lowest BCUT2D eigenvalue weighted by Gasteiger charge is -2.15. The van der Waals surface area contributed by atoms with E-state index in [1.165, 1.54) is 12.1 Å². The first kappa shape index (κ1) is 16.4. The van der Waals surface area contributed by atoms with Crippen LogP contribution in [0.5, 0.6) is 0 Å². The summed E-state index contributed by atoms with van der Waals surface area (Å²) < 4.78 is 28.1. The van der Waals surface area contributed by atoms with Crippen LogP contribution >= 0.6 is 0 Å². The molecule has 0 heterocycles. The van der Waals surface area contributed by atoms with Gasteiger partial charge < -0.3 is 10.1 Å². The average Bonchev–Trinajstić information content (AvgIpc) is 2.35. The first-order chi connectivity index (χ1) is 9.25. The minimum absolute atomic E-state index is 0.0767. The molecule has 112 valence electrons. The van der Waals surface area contributed by atoms with Crippen molar-refractivity contribution in [3.63, 3.8) is 0 Å². The molecule has 0 aliphatic rings. The van der Waals surface area contributed by atoms with Crippen molar-refractivity contribution in [1.82, 2.24) is 0 Å². The molecule has 20 heavy (non-hydrogen) atoms. The van der Waals surface area contributed by atoms with Crippen LogP contribution in [0.3, 0.4) is 0 Å². The predicted octanol–water partition coefficient (Wildman–Crippen LogP) is 1.84. The van der Waals surface area contributed by atoms with Crippen molar-refractivity contribution < 1.29 is 18.1 Å². The minimum Gasteiger partial charge on any atom is -0.380 e. The number of nitro groups is 1. The predicted molar refractivity (Wildman–Crippen MR) is 75.8 cm³/mol. The first-order valence-electron chi connectivity index (χ1n) is 6.08. The number of sulfone groups is 1. The fourth-order valence-electron chi connectivity index (χ4n) is 1.62. The molecule has 0 aromatic heterocycles. The molecule has 1 atom stereocenters. The third-order valence-corrected chi connectivity index (χ3v) is 3.68. The molecule has 1 rings (SSSR count). The van der Waals surface area contributed by atoms with Crippen LogP contribution in [-0.2, 0) is 14.6 Å². The molecule has 0 fully saturated rings. The largest absolute Gasteiger partial charge is 0.380 e. The topological polar surface area (TPSA) is 98.5 Å². The molecule has 7 nitrogen and oxygen atoms in total. The van der Waals surface area contributed by atoms with Crippen molar-refractivity contribution in [2.45, 2.75) is 24.8 Å². The van der Waals surface area contributed by atoms with Gasteiger partial charge in [0.25, 0.3) is 5.69 Å². The van der Waals surface area contributed by atoms with Crippen LogP contribution in [0.2, 0.25) is 0 Å². The van der Waals surface area contributed by atoms with Gasteiger partial charge in [0.05, 0.1) is 16.4 Å². The van der Waals surface area contributed by atoms with E-state index in [0.717, 1.165) is 12.3 Å². The van der Waals surface area contributed by atoms with Gasteiger partial charge in [0.2, 0.25) is 0 Å². The maximum Gasteiger partial charge on any atom is 0.293 e. The van der Waals surface area contributed by atoms with Crippen molar-refractivity contribution in [1.29, 1.82) is 0 Å². The van der Waals surface area contributed by atoms with Gasteiger partial charge in [-0.3, -0.25) is 10.1 Å². The Labute approximate surface area is 118 Å². The number of nitrogens with zero attached hydrogens (tertiary/aromatic N) is 1. The molecule has 0 bridgehead atoms. The highest BCUT2D eigenvalue weighted by molar-refractivity contribution is 7.90. The number of hydrogen-bond acceptors (Lipinski definition) is 6. The van der Waals surface area contributed by atoms with Crippen molar-refractivity contribution >= 4 is 21.2 Å². The Morgan fingerprint density at radius 2 is 2.10 bits per heavy atom. The molecule has 0 saturated carbocycles. The summed E-state index contributed by atoms with van der Waals surface area (Å²) in [5.74, 6) is 0. The van der Waals surface area contributed by atoms with Gasteiger partial charge in [0.15, 0.2) is 9.84 Å². The number of anilines is 1. The Balaban J connectivity index is 3.05. The summed E-state index contributed by atoms with van der Waals surface area (Å²) in [6.07, 6.45) is 1.01. The number of nitro benzene ring substituents is 1. The molecule has 1 aromatic carbocycles. The third-order valence-electron chi connectivity index (χ3n) is 2.57. The summed E-state index contributed by atoms with van der Waals surface area (Å²) in [5.41, 5.74) is 0.00544. The highest BCUT2D eigenvalue weighted by Gasteiger charge is 2.19. The summed E-state index contributed by atoms with van der Waals surface area (Å²) in [6.45, 7) is 4.64. The maximum absolute atomic E-state index is 11.4. The summed E-state index contributed by atoms with van der Waals surface area (Å²) in [5, 5.41) is 14.0. The summed E-state index contributed by atoms with van der Waals surface area (Å²) in [7, 11) is -3.48. The van der Waals surface area contributed by atoms with Crippen molar-refractivity contribution in [3.05, 3.63) is 28.3 Å². The SMILES string of the molecule is CCOCC(C)Nc1ccc(S(C)(=O)=O)cc1[N+](=O)[O-]. The smallest absolute Gasteiger partial charge is 0.293 e. The molecule has 1 aromatic rings. The maximum atomic E-state index is 11.4. The minimum atomic E-state index is -3.48. The Morgan fingerprint density at radius 1 is 1.45 bits per heavy atom. The normalized spacial score (nSPS) is 12.9. The number of nitrogens with one attached hydrogen (secondary N) is 1. The average molecular weight is 302 g/mol. The van der Waals surface area contributed by atoms with E-state index in [1.54, 1.807) is 0 Å². The van der Waals surface area contributed by atoms with Gasteiger partial charge >= 0.3 is 0 Å². The molecule has 1 unspecified atom stereocenters. The van der Waals surface area contributed by atoms with Crippen molar-refractivity contribution in [2.75, 3.05) is 24.8 Å². The first-order valence-corrected chi connectivity index (χ1v) is 7.97. The second kappa shape index (κ2) is 6.67. The quantitative estimate of drug-likeness (QED) is 0.609. The van der Waals surface area contributed by atoms with Gasteiger partial charge in [-0.15, -0.1) is 0 Å². The lowest BCUT2D eigenvalue weighted by Crippen LogP contribution is -2.22. The number of hydrogen-bond donors (Lipinski definition) is 1. The van der Waals surface area contributed by atoms with Gasteiger partial charge in [-0.05, 0) is 26.0 Å². The number of rotatable bonds is 7. The van der Waals surface area contributed by atoms with Crippen LogP contribution < -0.4 is 5.32 Å². The fraction of sp³-hybridized carbons (Fsp3) is 0.500. The van der Waals surface area contributed by atoms with E-state index in [0.29, 0.717) is 13.2 Å².